The molecule has 0 aromatic heterocycles. The third-order valence-corrected chi connectivity index (χ3v) is 2.44. The summed E-state index contributed by atoms with van der Waals surface area (Å²) in [5.74, 6) is -1.43. The lowest BCUT2D eigenvalue weighted by atomic mass is 10.1. The van der Waals surface area contributed by atoms with E-state index in [1.54, 1.807) is 12.1 Å². The minimum atomic E-state index is -0.974. The number of nitrogens with one attached hydrogen (secondary N) is 1. The first-order valence-corrected chi connectivity index (χ1v) is 5.47. The number of anilines is 2. The zero-order valence-corrected chi connectivity index (χ0v) is 9.56. The second-order valence-corrected chi connectivity index (χ2v) is 3.88. The highest BCUT2D eigenvalue weighted by molar-refractivity contribution is 5.70. The molecule has 18 heavy (non-hydrogen) atoms. The maximum Gasteiger partial charge on any atom is 0.307 e. The minimum Gasteiger partial charge on any atom is -0.481 e. The summed E-state index contributed by atoms with van der Waals surface area (Å²) in [5.41, 5.74) is 1.55. The fraction of sp³-hybridized carbons (Fsp3) is 0.0714. The Morgan fingerprint density at radius 2 is 1.89 bits per heavy atom. The van der Waals surface area contributed by atoms with Gasteiger partial charge in [0.25, 0.3) is 0 Å². The number of aliphatic carboxylic acids is 1. The Balaban J connectivity index is 2.17. The van der Waals surface area contributed by atoms with Crippen LogP contribution in [0.1, 0.15) is 5.56 Å². The van der Waals surface area contributed by atoms with Crippen molar-refractivity contribution in [3.8, 4) is 0 Å². The standard InChI is InChI=1S/C14H12FNO2/c15-12-8-10(9-14(17)18)6-7-13(12)16-11-4-2-1-3-5-11/h1-8,16H,9H2,(H,17,18). The average molecular weight is 245 g/mol. The quantitative estimate of drug-likeness (QED) is 0.869. The van der Waals surface area contributed by atoms with E-state index >= 15 is 0 Å². The van der Waals surface area contributed by atoms with E-state index in [2.05, 4.69) is 5.32 Å². The molecule has 92 valence electrons. The van der Waals surface area contributed by atoms with Crippen molar-refractivity contribution in [1.82, 2.24) is 0 Å². The molecule has 0 spiro atoms. The lowest BCUT2D eigenvalue weighted by Gasteiger charge is -2.08. The largest absolute Gasteiger partial charge is 0.481 e. The number of para-hydroxylation sites is 1. The molecule has 2 N–H and O–H groups in total. The third kappa shape index (κ3) is 3.07. The van der Waals surface area contributed by atoms with Gasteiger partial charge in [-0.2, -0.15) is 0 Å². The molecule has 0 aliphatic heterocycles. The van der Waals surface area contributed by atoms with Crippen molar-refractivity contribution in [2.75, 3.05) is 5.32 Å². The van der Waals surface area contributed by atoms with Crippen molar-refractivity contribution in [2.45, 2.75) is 6.42 Å². The molecule has 0 amide bonds. The van der Waals surface area contributed by atoms with Gasteiger partial charge in [-0.3, -0.25) is 4.79 Å². The predicted molar refractivity (Wildman–Crippen MR) is 67.5 cm³/mol. The van der Waals surface area contributed by atoms with E-state index in [0.717, 1.165) is 5.69 Å². The molecular weight excluding hydrogens is 233 g/mol. The number of benzene rings is 2. The summed E-state index contributed by atoms with van der Waals surface area (Å²) in [6.45, 7) is 0. The molecule has 0 radical (unpaired) electrons. The number of carboxylic acids is 1. The molecule has 0 saturated heterocycles. The molecule has 4 heteroatoms. The molecule has 3 nitrogen and oxygen atoms in total. The summed E-state index contributed by atoms with van der Waals surface area (Å²) in [6, 6.07) is 13.6. The van der Waals surface area contributed by atoms with Gasteiger partial charge in [-0.1, -0.05) is 24.3 Å². The molecule has 0 aliphatic carbocycles. The fourth-order valence-electron chi connectivity index (χ4n) is 1.62. The van der Waals surface area contributed by atoms with Crippen LogP contribution in [-0.4, -0.2) is 11.1 Å². The van der Waals surface area contributed by atoms with Crippen LogP contribution in [0.2, 0.25) is 0 Å². The van der Waals surface area contributed by atoms with Crippen LogP contribution in [-0.2, 0) is 11.2 Å². The van der Waals surface area contributed by atoms with Gasteiger partial charge in [0.2, 0.25) is 0 Å². The number of halogens is 1. The fourth-order valence-corrected chi connectivity index (χ4v) is 1.62. The number of rotatable bonds is 4. The van der Waals surface area contributed by atoms with E-state index in [0.29, 0.717) is 11.3 Å². The molecular formula is C14H12FNO2. The second-order valence-electron chi connectivity index (χ2n) is 3.88. The van der Waals surface area contributed by atoms with Gasteiger partial charge >= 0.3 is 5.97 Å². The van der Waals surface area contributed by atoms with Crippen LogP contribution in [0.5, 0.6) is 0 Å². The number of carboxylic acid groups (broad SMARTS) is 1. The first kappa shape index (κ1) is 12.1. The molecule has 0 aliphatic rings. The van der Waals surface area contributed by atoms with E-state index in [1.165, 1.54) is 6.07 Å². The van der Waals surface area contributed by atoms with Crippen molar-refractivity contribution >= 4 is 17.3 Å². The van der Waals surface area contributed by atoms with Gasteiger partial charge < -0.3 is 10.4 Å². The minimum absolute atomic E-state index is 0.178. The van der Waals surface area contributed by atoms with Crippen molar-refractivity contribution in [2.24, 2.45) is 0 Å². The molecule has 0 atom stereocenters. The highest BCUT2D eigenvalue weighted by atomic mass is 19.1. The summed E-state index contributed by atoms with van der Waals surface area (Å²) >= 11 is 0. The van der Waals surface area contributed by atoms with Crippen LogP contribution >= 0.6 is 0 Å². The Morgan fingerprint density at radius 1 is 1.17 bits per heavy atom. The average Bonchev–Trinajstić information content (AvgIpc) is 2.33. The van der Waals surface area contributed by atoms with E-state index in [1.807, 2.05) is 30.3 Å². The first-order chi connectivity index (χ1) is 8.65. The van der Waals surface area contributed by atoms with Crippen molar-refractivity contribution in [3.63, 3.8) is 0 Å². The Labute approximate surface area is 104 Å². The summed E-state index contributed by atoms with van der Waals surface area (Å²) in [7, 11) is 0. The molecule has 2 aromatic rings. The van der Waals surface area contributed by atoms with E-state index in [-0.39, 0.29) is 6.42 Å². The van der Waals surface area contributed by atoms with Gasteiger partial charge in [0, 0.05) is 5.69 Å². The highest BCUT2D eigenvalue weighted by Gasteiger charge is 2.06. The van der Waals surface area contributed by atoms with Crippen LogP contribution in [0.25, 0.3) is 0 Å². The summed E-state index contributed by atoms with van der Waals surface area (Å²) in [4.78, 5) is 10.5. The molecule has 2 aromatic carbocycles. The molecule has 0 heterocycles. The summed E-state index contributed by atoms with van der Waals surface area (Å²) in [6.07, 6.45) is -0.178. The monoisotopic (exact) mass is 245 g/mol. The van der Waals surface area contributed by atoms with Gasteiger partial charge in [0.15, 0.2) is 0 Å². The van der Waals surface area contributed by atoms with Gasteiger partial charge in [0.05, 0.1) is 12.1 Å². The Kier molecular flexibility index (Phi) is 3.57. The third-order valence-electron chi connectivity index (χ3n) is 2.44. The maximum atomic E-state index is 13.7. The number of hydrogen-bond acceptors (Lipinski definition) is 2. The SMILES string of the molecule is O=C(O)Cc1ccc(Nc2ccccc2)c(F)c1. The zero-order chi connectivity index (χ0) is 13.0. The summed E-state index contributed by atoms with van der Waals surface area (Å²) in [5, 5.41) is 11.6. The number of hydrogen-bond donors (Lipinski definition) is 2. The molecule has 0 unspecified atom stereocenters. The van der Waals surface area contributed by atoms with Crippen LogP contribution < -0.4 is 5.32 Å². The van der Waals surface area contributed by atoms with Crippen molar-refractivity contribution < 1.29 is 14.3 Å². The van der Waals surface area contributed by atoms with Crippen LogP contribution in [0.4, 0.5) is 15.8 Å². The van der Waals surface area contributed by atoms with Crippen molar-refractivity contribution in [1.29, 1.82) is 0 Å². The second kappa shape index (κ2) is 5.31. The van der Waals surface area contributed by atoms with E-state index < -0.39 is 11.8 Å². The molecule has 0 bridgehead atoms. The van der Waals surface area contributed by atoms with E-state index in [4.69, 9.17) is 5.11 Å². The molecule has 0 saturated carbocycles. The van der Waals surface area contributed by atoms with Crippen molar-refractivity contribution in [3.05, 3.63) is 59.9 Å². The number of carbonyl (C=O) groups is 1. The topological polar surface area (TPSA) is 49.3 Å². The Bertz CT molecular complexity index is 555. The maximum absolute atomic E-state index is 13.7. The Morgan fingerprint density at radius 3 is 2.50 bits per heavy atom. The Hall–Kier alpha value is -2.36. The van der Waals surface area contributed by atoms with Gasteiger partial charge in [-0.25, -0.2) is 4.39 Å². The highest BCUT2D eigenvalue weighted by Crippen LogP contribution is 2.20. The smallest absolute Gasteiger partial charge is 0.307 e. The molecule has 2 rings (SSSR count). The van der Waals surface area contributed by atoms with Crippen LogP contribution in [0, 0.1) is 5.82 Å². The van der Waals surface area contributed by atoms with Gasteiger partial charge in [0.1, 0.15) is 5.82 Å². The normalized spacial score (nSPS) is 10.1. The van der Waals surface area contributed by atoms with E-state index in [9.17, 15) is 9.18 Å². The zero-order valence-electron chi connectivity index (χ0n) is 9.56. The van der Waals surface area contributed by atoms with Crippen LogP contribution in [0.15, 0.2) is 48.5 Å². The predicted octanol–water partition coefficient (Wildman–Crippen LogP) is 3.20. The summed E-state index contributed by atoms with van der Waals surface area (Å²) < 4.78 is 13.7. The lowest BCUT2D eigenvalue weighted by molar-refractivity contribution is -0.136. The first-order valence-electron chi connectivity index (χ1n) is 5.47. The van der Waals surface area contributed by atoms with Gasteiger partial charge in [-0.15, -0.1) is 0 Å². The van der Waals surface area contributed by atoms with Gasteiger partial charge in [-0.05, 0) is 29.8 Å². The lowest BCUT2D eigenvalue weighted by Crippen LogP contribution is -2.01. The van der Waals surface area contributed by atoms with Crippen LogP contribution in [0.3, 0.4) is 0 Å². The molecule has 0 fully saturated rings.